The van der Waals surface area contributed by atoms with Crippen LogP contribution in [0, 0.1) is 0 Å². The first kappa shape index (κ1) is 16.9. The molecule has 1 aromatic carbocycles. The highest BCUT2D eigenvalue weighted by molar-refractivity contribution is 7.92. The van der Waals surface area contributed by atoms with Gasteiger partial charge in [0.1, 0.15) is 5.69 Å². The predicted octanol–water partition coefficient (Wildman–Crippen LogP) is 1.73. The lowest BCUT2D eigenvalue weighted by Gasteiger charge is -2.06. The standard InChI is InChI=1S/C13H14N4O4S2/c1-8(18)14-13-16-11(7-22-13)12(19)15-9-3-5-10(6-4-9)17-23(2,20)21/h3-7,17H,1-2H3,(H,15,19)(H,14,16,18). The van der Waals surface area contributed by atoms with Gasteiger partial charge in [-0.25, -0.2) is 13.4 Å². The van der Waals surface area contributed by atoms with Gasteiger partial charge in [-0.3, -0.25) is 14.3 Å². The number of rotatable bonds is 5. The fourth-order valence-corrected chi connectivity index (χ4v) is 2.92. The third kappa shape index (κ3) is 5.34. The maximum absolute atomic E-state index is 12.0. The lowest BCUT2D eigenvalue weighted by Crippen LogP contribution is -2.13. The van der Waals surface area contributed by atoms with Crippen LogP contribution in [0.15, 0.2) is 29.6 Å². The number of aromatic nitrogens is 1. The number of nitrogens with zero attached hydrogens (tertiary/aromatic N) is 1. The molecular formula is C13H14N4O4S2. The molecule has 0 fully saturated rings. The van der Waals surface area contributed by atoms with Crippen molar-refractivity contribution in [3.63, 3.8) is 0 Å². The molecule has 0 aliphatic carbocycles. The van der Waals surface area contributed by atoms with E-state index in [0.29, 0.717) is 16.5 Å². The van der Waals surface area contributed by atoms with Gasteiger partial charge in [-0.05, 0) is 24.3 Å². The van der Waals surface area contributed by atoms with Crippen LogP contribution in [0.25, 0.3) is 0 Å². The fraction of sp³-hybridized carbons (Fsp3) is 0.154. The Morgan fingerprint density at radius 1 is 1.09 bits per heavy atom. The molecular weight excluding hydrogens is 340 g/mol. The highest BCUT2D eigenvalue weighted by atomic mass is 32.2. The lowest BCUT2D eigenvalue weighted by molar-refractivity contribution is -0.114. The maximum atomic E-state index is 12.0. The van der Waals surface area contributed by atoms with Crippen molar-refractivity contribution in [3.05, 3.63) is 35.3 Å². The molecule has 2 amide bonds. The van der Waals surface area contributed by atoms with Gasteiger partial charge in [-0.1, -0.05) is 0 Å². The molecule has 3 N–H and O–H groups in total. The second-order valence-corrected chi connectivity index (χ2v) is 7.23. The summed E-state index contributed by atoms with van der Waals surface area (Å²) in [6.45, 7) is 1.35. The molecule has 1 heterocycles. The molecule has 1 aromatic heterocycles. The van der Waals surface area contributed by atoms with Crippen molar-refractivity contribution < 1.29 is 18.0 Å². The summed E-state index contributed by atoms with van der Waals surface area (Å²) >= 11 is 1.14. The van der Waals surface area contributed by atoms with E-state index in [4.69, 9.17) is 0 Å². The SMILES string of the molecule is CC(=O)Nc1nc(C(=O)Nc2ccc(NS(C)(=O)=O)cc2)cs1. The maximum Gasteiger partial charge on any atom is 0.275 e. The molecule has 0 bridgehead atoms. The molecule has 0 spiro atoms. The normalized spacial score (nSPS) is 10.9. The van der Waals surface area contributed by atoms with Crippen LogP contribution >= 0.6 is 11.3 Å². The Balaban J connectivity index is 2.02. The molecule has 0 aliphatic heterocycles. The second-order valence-electron chi connectivity index (χ2n) is 4.62. The van der Waals surface area contributed by atoms with Crippen molar-refractivity contribution in [2.24, 2.45) is 0 Å². The minimum atomic E-state index is -3.34. The van der Waals surface area contributed by atoms with Crippen LogP contribution in [0.5, 0.6) is 0 Å². The molecule has 0 radical (unpaired) electrons. The first-order chi connectivity index (χ1) is 10.7. The summed E-state index contributed by atoms with van der Waals surface area (Å²) in [5, 5.41) is 7.00. The zero-order chi connectivity index (χ0) is 17.0. The number of carbonyl (C=O) groups is 2. The van der Waals surface area contributed by atoms with Gasteiger partial charge in [-0.2, -0.15) is 0 Å². The van der Waals surface area contributed by atoms with E-state index < -0.39 is 15.9 Å². The van der Waals surface area contributed by atoms with Crippen LogP contribution in [-0.2, 0) is 14.8 Å². The number of carbonyl (C=O) groups excluding carboxylic acids is 2. The van der Waals surface area contributed by atoms with E-state index in [0.717, 1.165) is 17.6 Å². The average Bonchev–Trinajstić information content (AvgIpc) is 2.87. The van der Waals surface area contributed by atoms with Crippen LogP contribution in [0.2, 0.25) is 0 Å². The molecule has 23 heavy (non-hydrogen) atoms. The monoisotopic (exact) mass is 354 g/mol. The summed E-state index contributed by atoms with van der Waals surface area (Å²) in [7, 11) is -3.34. The Morgan fingerprint density at radius 3 is 2.26 bits per heavy atom. The molecule has 0 saturated heterocycles. The van der Waals surface area contributed by atoms with Crippen molar-refractivity contribution in [1.29, 1.82) is 0 Å². The Kier molecular flexibility index (Phi) is 4.96. The van der Waals surface area contributed by atoms with E-state index >= 15 is 0 Å². The van der Waals surface area contributed by atoms with Gasteiger partial charge in [0.15, 0.2) is 5.13 Å². The van der Waals surface area contributed by atoms with Gasteiger partial charge in [0.25, 0.3) is 5.91 Å². The summed E-state index contributed by atoms with van der Waals surface area (Å²) in [5.41, 5.74) is 1.06. The van der Waals surface area contributed by atoms with Gasteiger partial charge in [0, 0.05) is 23.7 Å². The number of amides is 2. The lowest BCUT2D eigenvalue weighted by atomic mass is 10.3. The van der Waals surface area contributed by atoms with Crippen molar-refractivity contribution >= 4 is 49.7 Å². The second kappa shape index (κ2) is 6.75. The summed E-state index contributed by atoms with van der Waals surface area (Å²) < 4.78 is 24.5. The molecule has 0 saturated carbocycles. The van der Waals surface area contributed by atoms with Gasteiger partial charge in [-0.15, -0.1) is 11.3 Å². The number of hydrogen-bond donors (Lipinski definition) is 3. The van der Waals surface area contributed by atoms with Gasteiger partial charge < -0.3 is 10.6 Å². The number of hydrogen-bond acceptors (Lipinski definition) is 6. The molecule has 0 atom stereocenters. The molecule has 2 aromatic rings. The molecule has 8 nitrogen and oxygen atoms in total. The average molecular weight is 354 g/mol. The summed E-state index contributed by atoms with van der Waals surface area (Å²) in [6.07, 6.45) is 1.05. The number of thiazole rings is 1. The Labute approximate surface area is 137 Å². The predicted molar refractivity (Wildman–Crippen MR) is 89.3 cm³/mol. The van der Waals surface area contributed by atoms with Crippen molar-refractivity contribution in [1.82, 2.24) is 4.98 Å². The van der Waals surface area contributed by atoms with Crippen molar-refractivity contribution in [2.75, 3.05) is 21.6 Å². The van der Waals surface area contributed by atoms with E-state index in [-0.39, 0.29) is 11.6 Å². The van der Waals surface area contributed by atoms with Crippen LogP contribution in [0.3, 0.4) is 0 Å². The largest absolute Gasteiger partial charge is 0.321 e. The summed E-state index contributed by atoms with van der Waals surface area (Å²) in [5.74, 6) is -0.693. The molecule has 2 rings (SSSR count). The number of anilines is 3. The number of sulfonamides is 1. The highest BCUT2D eigenvalue weighted by Crippen LogP contribution is 2.18. The zero-order valence-corrected chi connectivity index (χ0v) is 13.9. The van der Waals surface area contributed by atoms with Gasteiger partial charge >= 0.3 is 0 Å². The van der Waals surface area contributed by atoms with Crippen molar-refractivity contribution in [3.8, 4) is 0 Å². The summed E-state index contributed by atoms with van der Waals surface area (Å²) in [6, 6.07) is 6.18. The van der Waals surface area contributed by atoms with Crippen LogP contribution < -0.4 is 15.4 Å². The number of benzene rings is 1. The molecule has 122 valence electrons. The quantitative estimate of drug-likeness (QED) is 0.756. The van der Waals surface area contributed by atoms with E-state index in [1.54, 1.807) is 12.1 Å². The summed E-state index contributed by atoms with van der Waals surface area (Å²) in [4.78, 5) is 27.0. The minimum Gasteiger partial charge on any atom is -0.321 e. The molecule has 0 unspecified atom stereocenters. The van der Waals surface area contributed by atoms with Crippen LogP contribution in [-0.4, -0.2) is 31.5 Å². The Bertz CT molecular complexity index is 828. The van der Waals surface area contributed by atoms with E-state index in [1.807, 2.05) is 0 Å². The fourth-order valence-electron chi connectivity index (χ4n) is 1.62. The third-order valence-corrected chi connectivity index (χ3v) is 3.83. The minimum absolute atomic E-state index is 0.178. The first-order valence-electron chi connectivity index (χ1n) is 6.35. The van der Waals surface area contributed by atoms with Crippen LogP contribution in [0.1, 0.15) is 17.4 Å². The number of nitrogens with one attached hydrogen (secondary N) is 3. The van der Waals surface area contributed by atoms with Gasteiger partial charge in [0.05, 0.1) is 6.26 Å². The van der Waals surface area contributed by atoms with Crippen LogP contribution in [0.4, 0.5) is 16.5 Å². The van der Waals surface area contributed by atoms with Gasteiger partial charge in [0.2, 0.25) is 15.9 Å². The first-order valence-corrected chi connectivity index (χ1v) is 9.12. The van der Waals surface area contributed by atoms with E-state index in [9.17, 15) is 18.0 Å². The van der Waals surface area contributed by atoms with E-state index in [2.05, 4.69) is 20.3 Å². The molecule has 10 heteroatoms. The molecule has 0 aliphatic rings. The Morgan fingerprint density at radius 2 is 1.70 bits per heavy atom. The van der Waals surface area contributed by atoms with E-state index in [1.165, 1.54) is 24.4 Å². The highest BCUT2D eigenvalue weighted by Gasteiger charge is 2.12. The third-order valence-electron chi connectivity index (χ3n) is 2.47. The smallest absolute Gasteiger partial charge is 0.275 e. The zero-order valence-electron chi connectivity index (χ0n) is 12.3. The van der Waals surface area contributed by atoms with Crippen molar-refractivity contribution in [2.45, 2.75) is 6.92 Å². The topological polar surface area (TPSA) is 117 Å². The Hall–Kier alpha value is -2.46.